The van der Waals surface area contributed by atoms with E-state index in [4.69, 9.17) is 0 Å². The Bertz CT molecular complexity index is 1370. The van der Waals surface area contributed by atoms with E-state index in [0.717, 1.165) is 27.8 Å². The number of hydrogen-bond acceptors (Lipinski definition) is 4. The van der Waals surface area contributed by atoms with Crippen LogP contribution in [0.1, 0.15) is 49.9 Å². The zero-order chi connectivity index (χ0) is 23.3. The summed E-state index contributed by atoms with van der Waals surface area (Å²) in [5, 5.41) is 28.4. The van der Waals surface area contributed by atoms with E-state index >= 15 is 0 Å². The van der Waals surface area contributed by atoms with Crippen LogP contribution in [0.15, 0.2) is 60.7 Å². The normalized spacial score (nSPS) is 15.2. The number of phenols is 2. The molecule has 166 valence electrons. The maximum absolute atomic E-state index is 13.5. The van der Waals surface area contributed by atoms with Gasteiger partial charge in [0.2, 0.25) is 0 Å². The summed E-state index contributed by atoms with van der Waals surface area (Å²) in [5.41, 5.74) is 6.92. The molecule has 0 fully saturated rings. The molecule has 0 spiro atoms. The van der Waals surface area contributed by atoms with Gasteiger partial charge in [0, 0.05) is 17.7 Å². The Hall–Kier alpha value is -4.06. The van der Waals surface area contributed by atoms with Gasteiger partial charge >= 0.3 is 0 Å². The van der Waals surface area contributed by atoms with E-state index < -0.39 is 6.04 Å². The standard InChI is InChI=1S/C27H25N3O3/c1-15-7-9-18(10-8-15)14-30-25(19-5-4-6-20(31)13-19)22-23(28-29-24(22)27(30)33)21-12-16(2)11-17(3)26(21)32/h4-13,25,31-32H,14H2,1-3H3,(H,28,29). The molecule has 1 aliphatic heterocycles. The van der Waals surface area contributed by atoms with Crippen molar-refractivity contribution in [1.29, 1.82) is 0 Å². The highest BCUT2D eigenvalue weighted by Gasteiger charge is 2.42. The first-order valence-corrected chi connectivity index (χ1v) is 10.9. The SMILES string of the molecule is Cc1ccc(CN2C(=O)c3[nH]nc(-c4cc(C)cc(C)c4O)c3C2c2cccc(O)c2)cc1. The van der Waals surface area contributed by atoms with Crippen LogP contribution in [-0.2, 0) is 6.54 Å². The van der Waals surface area contributed by atoms with E-state index in [9.17, 15) is 15.0 Å². The second-order valence-corrected chi connectivity index (χ2v) is 8.76. The molecule has 1 unspecified atom stereocenters. The highest BCUT2D eigenvalue weighted by Crippen LogP contribution is 2.46. The molecule has 0 saturated carbocycles. The number of carbonyl (C=O) groups excluding carboxylic acids is 1. The zero-order valence-corrected chi connectivity index (χ0v) is 18.8. The molecule has 33 heavy (non-hydrogen) atoms. The van der Waals surface area contributed by atoms with E-state index in [0.29, 0.717) is 29.1 Å². The first-order valence-electron chi connectivity index (χ1n) is 10.9. The van der Waals surface area contributed by atoms with Gasteiger partial charge in [-0.05, 0) is 61.2 Å². The second-order valence-electron chi connectivity index (χ2n) is 8.76. The minimum absolute atomic E-state index is 0.128. The molecule has 2 heterocycles. The molecule has 6 nitrogen and oxygen atoms in total. The first-order chi connectivity index (χ1) is 15.8. The van der Waals surface area contributed by atoms with E-state index in [-0.39, 0.29) is 17.4 Å². The minimum Gasteiger partial charge on any atom is -0.508 e. The topological polar surface area (TPSA) is 89.5 Å². The molecule has 1 amide bonds. The van der Waals surface area contributed by atoms with E-state index in [1.54, 1.807) is 23.1 Å². The fourth-order valence-electron chi connectivity index (χ4n) is 4.64. The van der Waals surface area contributed by atoms with Crippen molar-refractivity contribution >= 4 is 5.91 Å². The van der Waals surface area contributed by atoms with Crippen LogP contribution in [0.4, 0.5) is 0 Å². The lowest BCUT2D eigenvalue weighted by atomic mass is 9.94. The molecule has 3 N–H and O–H groups in total. The molecule has 3 aromatic carbocycles. The predicted molar refractivity (Wildman–Crippen MR) is 126 cm³/mol. The van der Waals surface area contributed by atoms with Gasteiger partial charge in [0.1, 0.15) is 22.9 Å². The Labute approximate surface area is 192 Å². The lowest BCUT2D eigenvalue weighted by Crippen LogP contribution is -2.29. The van der Waals surface area contributed by atoms with Crippen LogP contribution in [0.2, 0.25) is 0 Å². The van der Waals surface area contributed by atoms with Crippen molar-refractivity contribution in [3.8, 4) is 22.8 Å². The quantitative estimate of drug-likeness (QED) is 0.410. The van der Waals surface area contributed by atoms with Crippen LogP contribution >= 0.6 is 0 Å². The average molecular weight is 440 g/mol. The van der Waals surface area contributed by atoms with Crippen LogP contribution < -0.4 is 0 Å². The molecule has 1 aliphatic rings. The number of nitrogens with one attached hydrogen (secondary N) is 1. The van der Waals surface area contributed by atoms with Gasteiger partial charge in [-0.3, -0.25) is 9.89 Å². The van der Waals surface area contributed by atoms with Gasteiger partial charge in [-0.25, -0.2) is 0 Å². The van der Waals surface area contributed by atoms with Gasteiger partial charge in [-0.15, -0.1) is 0 Å². The Kier molecular flexibility index (Phi) is 4.93. The third-order valence-corrected chi connectivity index (χ3v) is 6.22. The Morgan fingerprint density at radius 2 is 1.73 bits per heavy atom. The lowest BCUT2D eigenvalue weighted by molar-refractivity contribution is 0.0730. The smallest absolute Gasteiger partial charge is 0.273 e. The number of phenolic OH excluding ortho intramolecular Hbond substituents is 2. The largest absolute Gasteiger partial charge is 0.508 e. The van der Waals surface area contributed by atoms with Gasteiger partial charge in [-0.2, -0.15) is 5.10 Å². The van der Waals surface area contributed by atoms with E-state index in [1.165, 1.54) is 0 Å². The van der Waals surface area contributed by atoms with Gasteiger partial charge < -0.3 is 15.1 Å². The summed E-state index contributed by atoms with van der Waals surface area (Å²) < 4.78 is 0. The monoisotopic (exact) mass is 439 g/mol. The van der Waals surface area contributed by atoms with Gasteiger partial charge in [0.25, 0.3) is 5.91 Å². The number of aromatic hydroxyl groups is 2. The van der Waals surface area contributed by atoms with Crippen molar-refractivity contribution in [2.24, 2.45) is 0 Å². The summed E-state index contributed by atoms with van der Waals surface area (Å²) in [5.74, 6) is 0.110. The van der Waals surface area contributed by atoms with Gasteiger partial charge in [0.05, 0.1) is 6.04 Å². The summed E-state index contributed by atoms with van der Waals surface area (Å²) in [6, 6.07) is 18.4. The molecule has 0 bridgehead atoms. The number of benzene rings is 3. The van der Waals surface area contributed by atoms with Crippen molar-refractivity contribution < 1.29 is 15.0 Å². The molecular weight excluding hydrogens is 414 g/mol. The number of aryl methyl sites for hydroxylation is 3. The van der Waals surface area contributed by atoms with Crippen LogP contribution in [0.5, 0.6) is 11.5 Å². The molecule has 4 aromatic rings. The van der Waals surface area contributed by atoms with E-state index in [2.05, 4.69) is 10.2 Å². The Morgan fingerprint density at radius 3 is 2.45 bits per heavy atom. The van der Waals surface area contributed by atoms with Crippen molar-refractivity contribution in [2.75, 3.05) is 0 Å². The summed E-state index contributed by atoms with van der Waals surface area (Å²) in [6.07, 6.45) is 0. The van der Waals surface area contributed by atoms with Crippen LogP contribution in [0.3, 0.4) is 0 Å². The number of fused-ring (bicyclic) bond motifs is 1. The molecule has 0 saturated heterocycles. The average Bonchev–Trinajstić information content (AvgIpc) is 3.31. The van der Waals surface area contributed by atoms with Gasteiger partial charge in [0.15, 0.2) is 0 Å². The number of carbonyl (C=O) groups is 1. The van der Waals surface area contributed by atoms with Gasteiger partial charge in [-0.1, -0.05) is 48.0 Å². The number of aromatic nitrogens is 2. The molecule has 0 aliphatic carbocycles. The highest BCUT2D eigenvalue weighted by molar-refractivity contribution is 6.00. The summed E-state index contributed by atoms with van der Waals surface area (Å²) in [7, 11) is 0. The van der Waals surface area contributed by atoms with Crippen LogP contribution in [-0.4, -0.2) is 31.2 Å². The van der Waals surface area contributed by atoms with Crippen molar-refractivity contribution in [2.45, 2.75) is 33.4 Å². The zero-order valence-electron chi connectivity index (χ0n) is 18.8. The Morgan fingerprint density at radius 1 is 0.970 bits per heavy atom. The maximum Gasteiger partial charge on any atom is 0.273 e. The number of nitrogens with zero attached hydrogens (tertiary/aromatic N) is 2. The van der Waals surface area contributed by atoms with Crippen molar-refractivity contribution in [3.05, 3.63) is 99.7 Å². The van der Waals surface area contributed by atoms with Crippen LogP contribution in [0.25, 0.3) is 11.3 Å². The molecule has 1 aromatic heterocycles. The first kappa shape index (κ1) is 20.8. The molecule has 6 heteroatoms. The highest BCUT2D eigenvalue weighted by atomic mass is 16.3. The molecule has 5 rings (SSSR count). The molecule has 0 radical (unpaired) electrons. The fourth-order valence-corrected chi connectivity index (χ4v) is 4.64. The lowest BCUT2D eigenvalue weighted by Gasteiger charge is -2.27. The minimum atomic E-state index is -0.463. The third-order valence-electron chi connectivity index (χ3n) is 6.22. The number of aromatic amines is 1. The number of H-pyrrole nitrogens is 1. The molecule has 1 atom stereocenters. The summed E-state index contributed by atoms with van der Waals surface area (Å²) >= 11 is 0. The number of hydrogen-bond donors (Lipinski definition) is 3. The predicted octanol–water partition coefficient (Wildman–Crippen LogP) is 5.16. The fraction of sp³-hybridized carbons (Fsp3) is 0.185. The molecular formula is C27H25N3O3. The third kappa shape index (κ3) is 3.53. The van der Waals surface area contributed by atoms with Crippen molar-refractivity contribution in [3.63, 3.8) is 0 Å². The maximum atomic E-state index is 13.5. The number of rotatable bonds is 4. The second kappa shape index (κ2) is 7.81. The Balaban J connectivity index is 1.69. The number of amides is 1. The van der Waals surface area contributed by atoms with Crippen molar-refractivity contribution in [1.82, 2.24) is 15.1 Å². The summed E-state index contributed by atoms with van der Waals surface area (Å²) in [6.45, 7) is 6.24. The summed E-state index contributed by atoms with van der Waals surface area (Å²) in [4.78, 5) is 15.3. The van der Waals surface area contributed by atoms with Crippen LogP contribution in [0, 0.1) is 20.8 Å². The van der Waals surface area contributed by atoms with E-state index in [1.807, 2.05) is 63.2 Å².